The SMILES string of the molecule is Cc1cccc2nc(N)n(-c3cc(F)cc(F)c3)c12. The molecule has 3 rings (SSSR count). The third-order valence-electron chi connectivity index (χ3n) is 3.01. The topological polar surface area (TPSA) is 43.8 Å². The first kappa shape index (κ1) is 11.6. The Bertz CT molecular complexity index is 757. The van der Waals surface area contributed by atoms with Crippen molar-refractivity contribution >= 4 is 17.0 Å². The van der Waals surface area contributed by atoms with Gasteiger partial charge in [-0.05, 0) is 30.7 Å². The first-order valence-corrected chi connectivity index (χ1v) is 5.76. The fourth-order valence-electron chi connectivity index (χ4n) is 2.24. The van der Waals surface area contributed by atoms with E-state index >= 15 is 0 Å². The van der Waals surface area contributed by atoms with Gasteiger partial charge in [0.25, 0.3) is 0 Å². The quantitative estimate of drug-likeness (QED) is 0.729. The van der Waals surface area contributed by atoms with Gasteiger partial charge >= 0.3 is 0 Å². The van der Waals surface area contributed by atoms with Crippen molar-refractivity contribution in [2.75, 3.05) is 5.73 Å². The summed E-state index contributed by atoms with van der Waals surface area (Å²) < 4.78 is 28.2. The van der Waals surface area contributed by atoms with Crippen molar-refractivity contribution in [3.05, 3.63) is 53.6 Å². The highest BCUT2D eigenvalue weighted by Gasteiger charge is 2.13. The number of benzene rings is 2. The molecule has 3 aromatic rings. The predicted molar refractivity (Wildman–Crippen MR) is 70.1 cm³/mol. The molecule has 96 valence electrons. The number of rotatable bonds is 1. The highest BCUT2D eigenvalue weighted by atomic mass is 19.1. The fraction of sp³-hybridized carbons (Fsp3) is 0.0714. The van der Waals surface area contributed by atoms with Crippen molar-refractivity contribution in [2.45, 2.75) is 6.92 Å². The zero-order chi connectivity index (χ0) is 13.6. The maximum atomic E-state index is 13.3. The van der Waals surface area contributed by atoms with Gasteiger partial charge in [0.15, 0.2) is 0 Å². The van der Waals surface area contributed by atoms with E-state index in [2.05, 4.69) is 4.98 Å². The number of imidazole rings is 1. The van der Waals surface area contributed by atoms with E-state index in [1.54, 1.807) is 4.57 Å². The Kier molecular flexibility index (Phi) is 2.48. The minimum Gasteiger partial charge on any atom is -0.369 e. The second-order valence-corrected chi connectivity index (χ2v) is 4.38. The van der Waals surface area contributed by atoms with Crippen molar-refractivity contribution in [1.82, 2.24) is 9.55 Å². The number of halogens is 2. The molecular weight excluding hydrogens is 248 g/mol. The standard InChI is InChI=1S/C14H11F2N3/c1-8-3-2-4-12-13(8)19(14(17)18-12)11-6-9(15)5-10(16)7-11/h2-7H,1H3,(H2,17,18). The van der Waals surface area contributed by atoms with Crippen LogP contribution in [0.2, 0.25) is 0 Å². The average molecular weight is 259 g/mol. The van der Waals surface area contributed by atoms with Gasteiger partial charge < -0.3 is 5.73 Å². The van der Waals surface area contributed by atoms with Crippen LogP contribution in [0, 0.1) is 18.6 Å². The molecule has 1 heterocycles. The Hall–Kier alpha value is -2.43. The lowest BCUT2D eigenvalue weighted by Gasteiger charge is -2.08. The van der Waals surface area contributed by atoms with E-state index in [-0.39, 0.29) is 5.95 Å². The van der Waals surface area contributed by atoms with Gasteiger partial charge in [0.1, 0.15) is 11.6 Å². The lowest BCUT2D eigenvalue weighted by atomic mass is 10.2. The Morgan fingerprint density at radius 2 is 1.79 bits per heavy atom. The molecule has 0 fully saturated rings. The van der Waals surface area contributed by atoms with Gasteiger partial charge in [-0.3, -0.25) is 4.57 Å². The number of anilines is 1. The molecule has 2 N–H and O–H groups in total. The third-order valence-corrected chi connectivity index (χ3v) is 3.01. The van der Waals surface area contributed by atoms with E-state index in [4.69, 9.17) is 5.73 Å². The molecule has 19 heavy (non-hydrogen) atoms. The van der Waals surface area contributed by atoms with Crippen molar-refractivity contribution in [2.24, 2.45) is 0 Å². The maximum Gasteiger partial charge on any atom is 0.205 e. The zero-order valence-electron chi connectivity index (χ0n) is 10.2. The fourth-order valence-corrected chi connectivity index (χ4v) is 2.24. The summed E-state index contributed by atoms with van der Waals surface area (Å²) in [5.74, 6) is -1.09. The van der Waals surface area contributed by atoms with Crippen LogP contribution in [0.3, 0.4) is 0 Å². The lowest BCUT2D eigenvalue weighted by Crippen LogP contribution is -2.02. The molecule has 0 bridgehead atoms. The summed E-state index contributed by atoms with van der Waals surface area (Å²) >= 11 is 0. The van der Waals surface area contributed by atoms with Crippen molar-refractivity contribution < 1.29 is 8.78 Å². The molecule has 2 aromatic carbocycles. The van der Waals surface area contributed by atoms with E-state index in [1.807, 2.05) is 25.1 Å². The summed E-state index contributed by atoms with van der Waals surface area (Å²) in [5, 5.41) is 0. The minimum absolute atomic E-state index is 0.203. The second-order valence-electron chi connectivity index (χ2n) is 4.38. The molecule has 1 aromatic heterocycles. The summed E-state index contributed by atoms with van der Waals surface area (Å²) in [5.41, 5.74) is 8.57. The molecule has 0 amide bonds. The smallest absolute Gasteiger partial charge is 0.205 e. The number of aryl methyl sites for hydroxylation is 1. The van der Waals surface area contributed by atoms with E-state index in [1.165, 1.54) is 12.1 Å². The van der Waals surface area contributed by atoms with Crippen LogP contribution in [0.5, 0.6) is 0 Å². The number of nitrogen functional groups attached to an aromatic ring is 1. The molecule has 0 saturated heterocycles. The van der Waals surface area contributed by atoms with Crippen LogP contribution in [0.15, 0.2) is 36.4 Å². The number of para-hydroxylation sites is 1. The Balaban J connectivity index is 2.38. The Labute approximate surface area is 108 Å². The molecule has 0 aliphatic rings. The lowest BCUT2D eigenvalue weighted by molar-refractivity contribution is 0.582. The van der Waals surface area contributed by atoms with Crippen molar-refractivity contribution in [1.29, 1.82) is 0 Å². The first-order chi connectivity index (χ1) is 9.06. The molecule has 5 heteroatoms. The van der Waals surface area contributed by atoms with E-state index in [9.17, 15) is 8.78 Å². The van der Waals surface area contributed by atoms with Gasteiger partial charge in [-0.1, -0.05) is 12.1 Å². The molecule has 0 atom stereocenters. The number of nitrogens with two attached hydrogens (primary N) is 1. The van der Waals surface area contributed by atoms with E-state index < -0.39 is 11.6 Å². The van der Waals surface area contributed by atoms with Crippen LogP contribution >= 0.6 is 0 Å². The number of fused-ring (bicyclic) bond motifs is 1. The summed E-state index contributed by atoms with van der Waals surface area (Å²) in [7, 11) is 0. The first-order valence-electron chi connectivity index (χ1n) is 5.76. The highest BCUT2D eigenvalue weighted by Crippen LogP contribution is 2.26. The monoisotopic (exact) mass is 259 g/mol. The summed E-state index contributed by atoms with van der Waals surface area (Å²) in [4.78, 5) is 4.21. The van der Waals surface area contributed by atoms with Crippen LogP contribution in [0.25, 0.3) is 16.7 Å². The summed E-state index contributed by atoms with van der Waals surface area (Å²) in [6.07, 6.45) is 0. The maximum absolute atomic E-state index is 13.3. The normalized spacial score (nSPS) is 11.1. The number of hydrogen-bond donors (Lipinski definition) is 1. The molecule has 0 aliphatic heterocycles. The van der Waals surface area contributed by atoms with E-state index in [0.717, 1.165) is 17.1 Å². The van der Waals surface area contributed by atoms with Crippen LogP contribution in [-0.2, 0) is 0 Å². The summed E-state index contributed by atoms with van der Waals surface area (Å²) in [6, 6.07) is 8.85. The molecule has 0 radical (unpaired) electrons. The van der Waals surface area contributed by atoms with Crippen molar-refractivity contribution in [3.8, 4) is 5.69 Å². The van der Waals surface area contributed by atoms with Gasteiger partial charge in [0.05, 0.1) is 16.7 Å². The zero-order valence-corrected chi connectivity index (χ0v) is 10.2. The predicted octanol–water partition coefficient (Wildman–Crippen LogP) is 3.19. The number of nitrogens with zero attached hydrogens (tertiary/aromatic N) is 2. The largest absolute Gasteiger partial charge is 0.369 e. The van der Waals surface area contributed by atoms with Gasteiger partial charge in [0, 0.05) is 6.07 Å². The van der Waals surface area contributed by atoms with Gasteiger partial charge in [-0.15, -0.1) is 0 Å². The van der Waals surface area contributed by atoms with Crippen LogP contribution in [0.1, 0.15) is 5.56 Å². The number of hydrogen-bond acceptors (Lipinski definition) is 2. The van der Waals surface area contributed by atoms with Gasteiger partial charge in [-0.2, -0.15) is 0 Å². The van der Waals surface area contributed by atoms with Gasteiger partial charge in [-0.25, -0.2) is 13.8 Å². The van der Waals surface area contributed by atoms with Crippen LogP contribution in [0.4, 0.5) is 14.7 Å². The molecule has 0 aliphatic carbocycles. The van der Waals surface area contributed by atoms with E-state index in [0.29, 0.717) is 11.2 Å². The van der Waals surface area contributed by atoms with Crippen LogP contribution in [-0.4, -0.2) is 9.55 Å². The number of aromatic nitrogens is 2. The minimum atomic E-state index is -0.648. The van der Waals surface area contributed by atoms with Crippen molar-refractivity contribution in [3.63, 3.8) is 0 Å². The third kappa shape index (κ3) is 1.83. The van der Waals surface area contributed by atoms with Crippen LogP contribution < -0.4 is 5.73 Å². The molecular formula is C14H11F2N3. The molecule has 0 unspecified atom stereocenters. The van der Waals surface area contributed by atoms with Gasteiger partial charge in [0.2, 0.25) is 5.95 Å². The molecule has 0 saturated carbocycles. The Morgan fingerprint density at radius 3 is 2.47 bits per heavy atom. The average Bonchev–Trinajstić information content (AvgIpc) is 2.65. The Morgan fingerprint density at radius 1 is 1.11 bits per heavy atom. The molecule has 3 nitrogen and oxygen atoms in total. The summed E-state index contributed by atoms with van der Waals surface area (Å²) in [6.45, 7) is 1.90. The highest BCUT2D eigenvalue weighted by molar-refractivity contribution is 5.83. The second kappa shape index (κ2) is 4.05. The molecule has 0 spiro atoms.